The molecule has 0 aromatic heterocycles. The largest absolute Gasteiger partial charge is 0.461 e. The van der Waals surface area contributed by atoms with E-state index in [1.54, 1.807) is 5.57 Å². The molecular formula is C39H64N2O5S. The van der Waals surface area contributed by atoms with Gasteiger partial charge in [-0.1, -0.05) is 73.5 Å². The molecule has 0 radical (unpaired) electrons. The molecule has 47 heavy (non-hydrogen) atoms. The summed E-state index contributed by atoms with van der Waals surface area (Å²) in [5.41, 5.74) is 9.07. The van der Waals surface area contributed by atoms with Crippen LogP contribution in [0.1, 0.15) is 133 Å². The van der Waals surface area contributed by atoms with Crippen LogP contribution in [0.2, 0.25) is 0 Å². The third-order valence-corrected chi connectivity index (χ3v) is 17.4. The zero-order valence-electron chi connectivity index (χ0n) is 31.0. The lowest BCUT2D eigenvalue weighted by Crippen LogP contribution is -2.65. The predicted octanol–water partition coefficient (Wildman–Crippen LogP) is 7.08. The van der Waals surface area contributed by atoms with Crippen LogP contribution in [0.5, 0.6) is 0 Å². The van der Waals surface area contributed by atoms with Crippen LogP contribution in [-0.2, 0) is 24.2 Å². The maximum absolute atomic E-state index is 14.6. The van der Waals surface area contributed by atoms with E-state index in [0.29, 0.717) is 24.9 Å². The van der Waals surface area contributed by atoms with Crippen molar-refractivity contribution in [3.8, 4) is 0 Å². The van der Waals surface area contributed by atoms with E-state index in [0.717, 1.165) is 70.6 Å². The highest BCUT2D eigenvalue weighted by Gasteiger charge is 2.68. The molecule has 1 saturated heterocycles. The molecule has 8 atom stereocenters. The first-order chi connectivity index (χ1) is 21.6. The normalized spacial score (nSPS) is 42.8. The Balaban J connectivity index is 1.33. The smallest absolute Gasteiger partial charge is 0.323 e. The fourth-order valence-electron chi connectivity index (χ4n) is 12.5. The molecule has 0 aromatic carbocycles. The Bertz CT molecular complexity index is 1430. The van der Waals surface area contributed by atoms with Gasteiger partial charge in [0.2, 0.25) is 5.91 Å². The van der Waals surface area contributed by atoms with E-state index >= 15 is 0 Å². The summed E-state index contributed by atoms with van der Waals surface area (Å²) in [6.45, 7) is 21.8. The Morgan fingerprint density at radius 2 is 1.47 bits per heavy atom. The summed E-state index contributed by atoms with van der Waals surface area (Å²) in [6, 6.07) is -0.587. The zero-order valence-corrected chi connectivity index (χ0v) is 31.8. The molecule has 6 aliphatic rings. The van der Waals surface area contributed by atoms with E-state index in [1.807, 2.05) is 18.7 Å². The van der Waals surface area contributed by atoms with Crippen LogP contribution in [0.4, 0.5) is 0 Å². The van der Waals surface area contributed by atoms with Gasteiger partial charge >= 0.3 is 5.97 Å². The average molecular weight is 673 g/mol. The topological polar surface area (TPSA) is 107 Å². The van der Waals surface area contributed by atoms with Crippen molar-refractivity contribution in [2.75, 3.05) is 24.6 Å². The number of hydrogen-bond donors (Lipinski definition) is 1. The number of carbonyl (C=O) groups is 2. The lowest BCUT2D eigenvalue weighted by atomic mass is 9.34. The summed E-state index contributed by atoms with van der Waals surface area (Å²) in [5.74, 6) is 1.20. The average Bonchev–Trinajstić information content (AvgIpc) is 2.98. The highest BCUT2D eigenvalue weighted by Crippen LogP contribution is 2.75. The number of nitrogens with two attached hydrogens (primary N) is 1. The molecule has 8 heteroatoms. The minimum absolute atomic E-state index is 0.0269. The van der Waals surface area contributed by atoms with Gasteiger partial charge in [0.25, 0.3) is 0 Å². The van der Waals surface area contributed by atoms with Crippen LogP contribution < -0.4 is 5.73 Å². The van der Waals surface area contributed by atoms with Crippen molar-refractivity contribution in [3.63, 3.8) is 0 Å². The number of sulfone groups is 1. The molecule has 1 amide bonds. The first kappa shape index (κ1) is 35.4. The van der Waals surface area contributed by atoms with E-state index in [4.69, 9.17) is 10.5 Å². The summed E-state index contributed by atoms with van der Waals surface area (Å²) >= 11 is 0. The van der Waals surface area contributed by atoms with Gasteiger partial charge < -0.3 is 15.4 Å². The van der Waals surface area contributed by atoms with Crippen LogP contribution in [0, 0.1) is 50.2 Å². The summed E-state index contributed by atoms with van der Waals surface area (Å²) in [4.78, 5) is 29.5. The number of ether oxygens (including phenoxy) is 1. The maximum Gasteiger partial charge on any atom is 0.323 e. The molecule has 0 bridgehead atoms. The molecule has 1 aliphatic heterocycles. The quantitative estimate of drug-likeness (QED) is 0.253. The van der Waals surface area contributed by atoms with Gasteiger partial charge in [-0.2, -0.15) is 0 Å². The van der Waals surface area contributed by atoms with Crippen molar-refractivity contribution in [1.29, 1.82) is 0 Å². The lowest BCUT2D eigenvalue weighted by molar-refractivity contribution is -0.215. The molecule has 6 rings (SSSR count). The molecule has 7 nitrogen and oxygen atoms in total. The molecule has 0 spiro atoms. The minimum Gasteiger partial charge on any atom is -0.461 e. The Hall–Kier alpha value is -1.41. The molecule has 0 unspecified atom stereocenters. The Morgan fingerprint density at radius 3 is 2.11 bits per heavy atom. The molecule has 1 heterocycles. The SMILES string of the molecule is CC(C)[C@H](N)C(=O)O[C@H]1CC[C@]2(C)[C@H]3CCC4=C5CC(C)(C)CC[C@]5(C(=O)N5CCS(=O)(=O)CC5)CC[C@@]4(C)[C@]3(C)CC[C@H]2C1(C)C. The van der Waals surface area contributed by atoms with Crippen LogP contribution in [-0.4, -0.2) is 61.9 Å². The van der Waals surface area contributed by atoms with Crippen molar-refractivity contribution >= 4 is 21.7 Å². The molecule has 5 fully saturated rings. The molecule has 4 saturated carbocycles. The number of allylic oxidation sites excluding steroid dienone is 1. The van der Waals surface area contributed by atoms with Crippen LogP contribution in [0.15, 0.2) is 11.1 Å². The summed E-state index contributed by atoms with van der Waals surface area (Å²) in [5, 5.41) is 0. The summed E-state index contributed by atoms with van der Waals surface area (Å²) in [6.07, 6.45) is 11.1. The van der Waals surface area contributed by atoms with Crippen LogP contribution >= 0.6 is 0 Å². The number of esters is 1. The molecule has 266 valence electrons. The first-order valence-electron chi connectivity index (χ1n) is 18.8. The molecule has 5 aliphatic carbocycles. The number of nitrogens with zero attached hydrogens (tertiary/aromatic N) is 1. The van der Waals surface area contributed by atoms with Gasteiger partial charge in [0, 0.05) is 18.5 Å². The predicted molar refractivity (Wildman–Crippen MR) is 187 cm³/mol. The van der Waals surface area contributed by atoms with Gasteiger partial charge in [0.15, 0.2) is 9.84 Å². The second kappa shape index (κ2) is 11.3. The first-order valence-corrected chi connectivity index (χ1v) is 20.6. The third-order valence-electron chi connectivity index (χ3n) is 15.8. The van der Waals surface area contributed by atoms with Crippen molar-refractivity contribution in [2.45, 2.75) is 145 Å². The van der Waals surface area contributed by atoms with E-state index in [9.17, 15) is 18.0 Å². The van der Waals surface area contributed by atoms with Crippen molar-refractivity contribution < 1.29 is 22.7 Å². The van der Waals surface area contributed by atoms with Crippen LogP contribution in [0.3, 0.4) is 0 Å². The number of hydrogen-bond acceptors (Lipinski definition) is 6. The number of amides is 1. The Kier molecular flexibility index (Phi) is 8.52. The second-order valence-corrected chi connectivity index (χ2v) is 21.6. The van der Waals surface area contributed by atoms with Crippen molar-refractivity contribution in [1.82, 2.24) is 4.90 Å². The monoisotopic (exact) mass is 672 g/mol. The van der Waals surface area contributed by atoms with E-state index in [2.05, 4.69) is 48.5 Å². The fraction of sp³-hybridized carbons (Fsp3) is 0.897. The number of carbonyl (C=O) groups excluding carboxylic acids is 2. The molecule has 0 aromatic rings. The van der Waals surface area contributed by atoms with Gasteiger partial charge in [-0.25, -0.2) is 8.42 Å². The van der Waals surface area contributed by atoms with E-state index < -0.39 is 21.3 Å². The minimum atomic E-state index is -3.06. The van der Waals surface area contributed by atoms with Gasteiger partial charge in [-0.3, -0.25) is 9.59 Å². The van der Waals surface area contributed by atoms with Crippen molar-refractivity contribution in [3.05, 3.63) is 11.1 Å². The fourth-order valence-corrected chi connectivity index (χ4v) is 13.7. The van der Waals surface area contributed by atoms with Gasteiger partial charge in [0.05, 0.1) is 16.9 Å². The maximum atomic E-state index is 14.6. The van der Waals surface area contributed by atoms with Gasteiger partial charge in [0.1, 0.15) is 12.1 Å². The highest BCUT2D eigenvalue weighted by atomic mass is 32.2. The summed E-state index contributed by atoms with van der Waals surface area (Å²) < 4.78 is 30.8. The van der Waals surface area contributed by atoms with E-state index in [1.165, 1.54) is 5.57 Å². The van der Waals surface area contributed by atoms with Crippen LogP contribution in [0.25, 0.3) is 0 Å². The van der Waals surface area contributed by atoms with E-state index in [-0.39, 0.29) is 62.5 Å². The molecule has 2 N–H and O–H groups in total. The zero-order chi connectivity index (χ0) is 34.6. The Labute approximate surface area is 285 Å². The van der Waals surface area contributed by atoms with Gasteiger partial charge in [-0.05, 0) is 110 Å². The standard InChI is InChI=1S/C39H64N2O5S/c1-25(2)31(40)32(42)46-30-13-14-36(7)28(35(30,5)6)12-15-38(9)29(36)11-10-26-27-24-34(3,4)16-18-39(27,19-17-37(26,38)8)33(43)41-20-22-47(44,45)23-21-41/h25,28-31H,10-24,40H2,1-9H3/t28-,29+,30-,31-,36-,37+,38+,39-/m0/s1. The van der Waals surface area contributed by atoms with Crippen molar-refractivity contribution in [2.24, 2.45) is 56.0 Å². The third kappa shape index (κ3) is 5.30. The summed E-state index contributed by atoms with van der Waals surface area (Å²) in [7, 11) is -3.06. The van der Waals surface area contributed by atoms with Gasteiger partial charge in [-0.15, -0.1) is 0 Å². The Morgan fingerprint density at radius 1 is 0.830 bits per heavy atom. The highest BCUT2D eigenvalue weighted by molar-refractivity contribution is 7.91. The second-order valence-electron chi connectivity index (χ2n) is 19.3. The number of fused-ring (bicyclic) bond motifs is 6. The molecular weight excluding hydrogens is 609 g/mol. The number of rotatable bonds is 4. The lowest BCUT2D eigenvalue weighted by Gasteiger charge is -2.71.